The van der Waals surface area contributed by atoms with Crippen LogP contribution < -0.4 is 11.1 Å². The third-order valence-corrected chi connectivity index (χ3v) is 4.33. The van der Waals surface area contributed by atoms with Crippen molar-refractivity contribution in [1.29, 1.82) is 0 Å². The Labute approximate surface area is 133 Å². The summed E-state index contributed by atoms with van der Waals surface area (Å²) in [4.78, 5) is 25.3. The van der Waals surface area contributed by atoms with Gasteiger partial charge in [-0.3, -0.25) is 14.5 Å². The second-order valence-corrected chi connectivity index (χ2v) is 5.82. The van der Waals surface area contributed by atoms with E-state index in [2.05, 4.69) is 5.32 Å². The smallest absolute Gasteiger partial charge is 0.238 e. The highest BCUT2D eigenvalue weighted by Gasteiger charge is 2.28. The van der Waals surface area contributed by atoms with Crippen molar-refractivity contribution in [2.24, 2.45) is 5.73 Å². The lowest BCUT2D eigenvalue weighted by Gasteiger charge is -2.32. The van der Waals surface area contributed by atoms with Gasteiger partial charge in [0.2, 0.25) is 11.8 Å². The number of likely N-dealkylation sites (tertiary alicyclic amines) is 1. The molecular weight excluding hydrogens is 313 g/mol. The van der Waals surface area contributed by atoms with Crippen LogP contribution in [0.1, 0.15) is 19.3 Å². The molecule has 3 N–H and O–H groups in total. The molecule has 1 aliphatic rings. The number of hydrogen-bond acceptors (Lipinski definition) is 3. The van der Waals surface area contributed by atoms with Gasteiger partial charge in [0, 0.05) is 0 Å². The van der Waals surface area contributed by atoms with Crippen molar-refractivity contribution in [3.63, 3.8) is 0 Å². The average Bonchev–Trinajstić information content (AvgIpc) is 2.44. The molecule has 1 aliphatic heterocycles. The summed E-state index contributed by atoms with van der Waals surface area (Å²) in [7, 11) is 0. The van der Waals surface area contributed by atoms with Crippen LogP contribution in [-0.4, -0.2) is 35.8 Å². The molecule has 2 amide bonds. The fourth-order valence-corrected chi connectivity index (χ4v) is 2.82. The van der Waals surface area contributed by atoms with Crippen molar-refractivity contribution in [2.45, 2.75) is 25.3 Å². The molecule has 0 aliphatic carbocycles. The monoisotopic (exact) mass is 329 g/mol. The molecule has 0 unspecified atom stereocenters. The highest BCUT2D eigenvalue weighted by atomic mass is 35.5. The SMILES string of the molecule is NC(=O)[C@@H]1CCCCN1CC(=O)Nc1cccc(Cl)c1Cl. The first kappa shape index (κ1) is 16.1. The van der Waals surface area contributed by atoms with E-state index < -0.39 is 0 Å². The summed E-state index contributed by atoms with van der Waals surface area (Å²) in [5.41, 5.74) is 5.84. The molecular formula is C14H17Cl2N3O2. The summed E-state index contributed by atoms with van der Waals surface area (Å²) < 4.78 is 0. The van der Waals surface area contributed by atoms with Crippen LogP contribution in [0.4, 0.5) is 5.69 Å². The molecule has 2 rings (SSSR count). The molecule has 7 heteroatoms. The number of nitrogens with zero attached hydrogens (tertiary/aromatic N) is 1. The van der Waals surface area contributed by atoms with E-state index >= 15 is 0 Å². The fraction of sp³-hybridized carbons (Fsp3) is 0.429. The minimum atomic E-state index is -0.386. The summed E-state index contributed by atoms with van der Waals surface area (Å²) in [5.74, 6) is -0.629. The Balaban J connectivity index is 2.00. The summed E-state index contributed by atoms with van der Waals surface area (Å²) in [6.07, 6.45) is 2.60. The van der Waals surface area contributed by atoms with Gasteiger partial charge in [-0.2, -0.15) is 0 Å². The average molecular weight is 330 g/mol. The number of nitrogens with two attached hydrogens (primary N) is 1. The maximum atomic E-state index is 12.1. The van der Waals surface area contributed by atoms with Crippen molar-refractivity contribution in [2.75, 3.05) is 18.4 Å². The van der Waals surface area contributed by atoms with Crippen LogP contribution in [0.25, 0.3) is 0 Å². The quantitative estimate of drug-likeness (QED) is 0.889. The van der Waals surface area contributed by atoms with Crippen LogP contribution in [0, 0.1) is 0 Å². The van der Waals surface area contributed by atoms with Gasteiger partial charge < -0.3 is 11.1 Å². The molecule has 1 aromatic rings. The summed E-state index contributed by atoms with van der Waals surface area (Å²) in [6, 6.07) is 4.65. The maximum absolute atomic E-state index is 12.1. The zero-order valence-electron chi connectivity index (χ0n) is 11.4. The normalized spacial score (nSPS) is 19.2. The summed E-state index contributed by atoms with van der Waals surface area (Å²) >= 11 is 11.9. The van der Waals surface area contributed by atoms with E-state index in [-0.39, 0.29) is 24.4 Å². The van der Waals surface area contributed by atoms with Crippen LogP contribution in [0.3, 0.4) is 0 Å². The van der Waals surface area contributed by atoms with E-state index in [9.17, 15) is 9.59 Å². The van der Waals surface area contributed by atoms with Crippen molar-refractivity contribution >= 4 is 40.7 Å². The first-order valence-electron chi connectivity index (χ1n) is 6.76. The zero-order chi connectivity index (χ0) is 15.4. The molecule has 1 aromatic carbocycles. The van der Waals surface area contributed by atoms with Crippen molar-refractivity contribution < 1.29 is 9.59 Å². The van der Waals surface area contributed by atoms with Gasteiger partial charge in [0.15, 0.2) is 0 Å². The van der Waals surface area contributed by atoms with E-state index in [0.717, 1.165) is 12.8 Å². The van der Waals surface area contributed by atoms with E-state index in [4.69, 9.17) is 28.9 Å². The number of anilines is 1. The summed E-state index contributed by atoms with van der Waals surface area (Å²) in [6.45, 7) is 0.792. The number of piperidine rings is 1. The van der Waals surface area contributed by atoms with Gasteiger partial charge >= 0.3 is 0 Å². The number of carbonyl (C=O) groups is 2. The number of halogens is 2. The molecule has 0 bridgehead atoms. The topological polar surface area (TPSA) is 75.4 Å². The Morgan fingerprint density at radius 1 is 1.33 bits per heavy atom. The van der Waals surface area contributed by atoms with Crippen molar-refractivity contribution in [3.8, 4) is 0 Å². The Morgan fingerprint density at radius 3 is 2.81 bits per heavy atom. The van der Waals surface area contributed by atoms with Gasteiger partial charge in [0.05, 0.1) is 28.3 Å². The van der Waals surface area contributed by atoms with Crippen LogP contribution in [-0.2, 0) is 9.59 Å². The number of primary amides is 1. The van der Waals surface area contributed by atoms with Crippen molar-refractivity contribution in [3.05, 3.63) is 28.2 Å². The molecule has 1 saturated heterocycles. The third-order valence-electron chi connectivity index (χ3n) is 3.51. The molecule has 1 atom stereocenters. The number of rotatable bonds is 4. The molecule has 0 aromatic heterocycles. The highest BCUT2D eigenvalue weighted by molar-refractivity contribution is 6.44. The molecule has 21 heavy (non-hydrogen) atoms. The number of benzene rings is 1. The fourth-order valence-electron chi connectivity index (χ4n) is 2.48. The predicted molar refractivity (Wildman–Crippen MR) is 83.5 cm³/mol. The molecule has 1 fully saturated rings. The van der Waals surface area contributed by atoms with Crippen LogP contribution in [0.5, 0.6) is 0 Å². The summed E-state index contributed by atoms with van der Waals surface area (Å²) in [5, 5.41) is 3.39. The zero-order valence-corrected chi connectivity index (χ0v) is 13.0. The lowest BCUT2D eigenvalue weighted by Crippen LogP contribution is -2.50. The van der Waals surface area contributed by atoms with Gasteiger partial charge in [-0.05, 0) is 31.5 Å². The molecule has 0 radical (unpaired) electrons. The lowest BCUT2D eigenvalue weighted by molar-refractivity contribution is -0.126. The Kier molecular flexibility index (Phi) is 5.45. The van der Waals surface area contributed by atoms with Crippen molar-refractivity contribution in [1.82, 2.24) is 4.90 Å². The number of amides is 2. The lowest BCUT2D eigenvalue weighted by atomic mass is 10.0. The molecule has 0 saturated carbocycles. The van der Waals surface area contributed by atoms with Gasteiger partial charge in [-0.15, -0.1) is 0 Å². The predicted octanol–water partition coefficient (Wildman–Crippen LogP) is 2.27. The van der Waals surface area contributed by atoms with Crippen LogP contribution >= 0.6 is 23.2 Å². The van der Waals surface area contributed by atoms with Crippen LogP contribution in [0.15, 0.2) is 18.2 Å². The standard InChI is InChI=1S/C14H17Cl2N3O2/c15-9-4-3-5-10(13(9)16)18-12(20)8-19-7-2-1-6-11(19)14(17)21/h3-5,11H,1-2,6-8H2,(H2,17,21)(H,18,20)/t11-/m0/s1. The van der Waals surface area contributed by atoms with E-state index in [0.29, 0.717) is 28.7 Å². The highest BCUT2D eigenvalue weighted by Crippen LogP contribution is 2.29. The van der Waals surface area contributed by atoms with Gasteiger partial charge in [-0.25, -0.2) is 0 Å². The van der Waals surface area contributed by atoms with E-state index in [1.165, 1.54) is 0 Å². The number of hydrogen-bond donors (Lipinski definition) is 2. The number of carbonyl (C=O) groups excluding carboxylic acids is 2. The number of nitrogens with one attached hydrogen (secondary N) is 1. The largest absolute Gasteiger partial charge is 0.368 e. The third kappa shape index (κ3) is 4.09. The van der Waals surface area contributed by atoms with E-state index in [1.807, 2.05) is 0 Å². The first-order valence-corrected chi connectivity index (χ1v) is 7.52. The molecule has 1 heterocycles. The minimum absolute atomic E-state index is 0.108. The Morgan fingerprint density at radius 2 is 2.10 bits per heavy atom. The Hall–Kier alpha value is -1.30. The van der Waals surface area contributed by atoms with Gasteiger partial charge in [-0.1, -0.05) is 35.7 Å². The van der Waals surface area contributed by atoms with Crippen LogP contribution in [0.2, 0.25) is 10.0 Å². The van der Waals surface area contributed by atoms with Gasteiger partial charge in [0.1, 0.15) is 0 Å². The molecule has 0 spiro atoms. The maximum Gasteiger partial charge on any atom is 0.238 e. The molecule has 5 nitrogen and oxygen atoms in total. The second kappa shape index (κ2) is 7.11. The second-order valence-electron chi connectivity index (χ2n) is 5.03. The van der Waals surface area contributed by atoms with E-state index in [1.54, 1.807) is 23.1 Å². The van der Waals surface area contributed by atoms with Gasteiger partial charge in [0.25, 0.3) is 0 Å². The molecule has 114 valence electrons. The Bertz CT molecular complexity index is 551. The first-order chi connectivity index (χ1) is 9.99. The minimum Gasteiger partial charge on any atom is -0.368 e.